The van der Waals surface area contributed by atoms with Crippen LogP contribution in [0.15, 0.2) is 47.8 Å². The van der Waals surface area contributed by atoms with Gasteiger partial charge in [-0.25, -0.2) is 0 Å². The molecule has 27 heavy (non-hydrogen) atoms. The maximum absolute atomic E-state index is 12.5. The molecule has 0 aliphatic rings. The first kappa shape index (κ1) is 20.4. The Balaban J connectivity index is 1.87. The zero-order chi connectivity index (χ0) is 19.6. The van der Waals surface area contributed by atoms with Crippen LogP contribution in [0.1, 0.15) is 26.7 Å². The van der Waals surface area contributed by atoms with Gasteiger partial charge in [-0.2, -0.15) is 5.26 Å². The van der Waals surface area contributed by atoms with Gasteiger partial charge in [-0.05, 0) is 86.5 Å². The molecule has 0 spiro atoms. The van der Waals surface area contributed by atoms with Crippen molar-refractivity contribution >= 4 is 79.7 Å². The van der Waals surface area contributed by atoms with Gasteiger partial charge in [0.15, 0.2) is 0 Å². The van der Waals surface area contributed by atoms with E-state index < -0.39 is 11.8 Å². The number of phenolic OH excluding ortho intramolecular Hbond substituents is 1. The summed E-state index contributed by atoms with van der Waals surface area (Å²) < 4.78 is 1.45. The lowest BCUT2D eigenvalue weighted by atomic mass is 9.98. The molecule has 1 heterocycles. The van der Waals surface area contributed by atoms with E-state index in [4.69, 9.17) is 11.6 Å². The third kappa shape index (κ3) is 4.56. The van der Waals surface area contributed by atoms with Crippen LogP contribution in [0.4, 0.5) is 5.69 Å². The number of amides is 1. The summed E-state index contributed by atoms with van der Waals surface area (Å²) in [6, 6.07) is 14.5. The smallest absolute Gasteiger partial charge is 0.259 e. The molecular formula is C19H11ClI2N2O2S. The fourth-order valence-electron chi connectivity index (χ4n) is 2.52. The van der Waals surface area contributed by atoms with Gasteiger partial charge in [0.1, 0.15) is 11.7 Å². The molecule has 0 saturated carbocycles. The summed E-state index contributed by atoms with van der Waals surface area (Å²) in [5, 5.41) is 24.7. The monoisotopic (exact) mass is 620 g/mol. The highest BCUT2D eigenvalue weighted by atomic mass is 127. The average molecular weight is 621 g/mol. The maximum Gasteiger partial charge on any atom is 0.259 e. The van der Waals surface area contributed by atoms with Gasteiger partial charge < -0.3 is 10.4 Å². The zero-order valence-corrected chi connectivity index (χ0v) is 19.4. The molecule has 0 aliphatic carbocycles. The second kappa shape index (κ2) is 8.77. The van der Waals surface area contributed by atoms with Crippen LogP contribution in [-0.2, 0) is 0 Å². The number of hydrogen-bond donors (Lipinski definition) is 2. The van der Waals surface area contributed by atoms with Crippen LogP contribution >= 0.6 is 68.1 Å². The van der Waals surface area contributed by atoms with Crippen molar-refractivity contribution in [2.45, 2.75) is 5.92 Å². The number of thiophene rings is 1. The van der Waals surface area contributed by atoms with Crippen molar-refractivity contribution in [2.75, 3.05) is 5.32 Å². The molecule has 3 rings (SSSR count). The summed E-state index contributed by atoms with van der Waals surface area (Å²) in [5.74, 6) is -0.940. The largest absolute Gasteiger partial charge is 0.506 e. The number of carbonyl (C=O) groups excluding carboxylic acids is 1. The summed E-state index contributed by atoms with van der Waals surface area (Å²) in [6.45, 7) is 0. The van der Waals surface area contributed by atoms with Crippen molar-refractivity contribution in [1.82, 2.24) is 0 Å². The highest BCUT2D eigenvalue weighted by Gasteiger charge is 2.19. The Hall–Kier alpha value is -1.35. The minimum absolute atomic E-state index is 0.0570. The molecule has 8 heteroatoms. The standard InChI is InChI=1S/C19H11ClI2N2O2S/c20-15-8-11(3-4-12(15)14(9-23)17-2-1-5-27-17)24-19(26)13-6-10(21)7-16(22)18(13)25/h1-8,14,25H,(H,24,26). The van der Waals surface area contributed by atoms with Crippen LogP contribution in [0.2, 0.25) is 5.02 Å². The SMILES string of the molecule is N#CC(c1cccs1)c1ccc(NC(=O)c2cc(I)cc(I)c2O)cc1Cl. The Labute approximate surface area is 192 Å². The molecule has 2 N–H and O–H groups in total. The lowest BCUT2D eigenvalue weighted by Crippen LogP contribution is -2.13. The van der Waals surface area contributed by atoms with Crippen molar-refractivity contribution in [2.24, 2.45) is 0 Å². The number of phenols is 1. The topological polar surface area (TPSA) is 73.1 Å². The Morgan fingerprint density at radius 2 is 2.04 bits per heavy atom. The first-order chi connectivity index (χ1) is 12.9. The number of aromatic hydroxyl groups is 1. The van der Waals surface area contributed by atoms with Crippen molar-refractivity contribution in [3.63, 3.8) is 0 Å². The second-order valence-electron chi connectivity index (χ2n) is 5.55. The summed E-state index contributed by atoms with van der Waals surface area (Å²) in [6.07, 6.45) is 0. The number of nitrogens with one attached hydrogen (secondary N) is 1. The van der Waals surface area contributed by atoms with E-state index in [9.17, 15) is 15.2 Å². The van der Waals surface area contributed by atoms with Gasteiger partial charge >= 0.3 is 0 Å². The van der Waals surface area contributed by atoms with Crippen molar-refractivity contribution < 1.29 is 9.90 Å². The normalized spacial score (nSPS) is 11.6. The molecule has 0 saturated heterocycles. The van der Waals surface area contributed by atoms with Crippen LogP contribution in [0, 0.1) is 18.5 Å². The Morgan fingerprint density at radius 3 is 2.67 bits per heavy atom. The number of nitriles is 1. The fourth-order valence-corrected chi connectivity index (χ4v) is 5.44. The van der Waals surface area contributed by atoms with E-state index >= 15 is 0 Å². The summed E-state index contributed by atoms with van der Waals surface area (Å²) in [7, 11) is 0. The molecule has 0 bridgehead atoms. The summed E-state index contributed by atoms with van der Waals surface area (Å²) >= 11 is 11.9. The van der Waals surface area contributed by atoms with E-state index in [1.165, 1.54) is 11.3 Å². The van der Waals surface area contributed by atoms with E-state index in [0.717, 1.165) is 8.45 Å². The summed E-state index contributed by atoms with van der Waals surface area (Å²) in [5.41, 5.74) is 1.37. The summed E-state index contributed by atoms with van der Waals surface area (Å²) in [4.78, 5) is 13.5. The predicted octanol–water partition coefficient (Wildman–Crippen LogP) is 6.22. The Kier molecular flexibility index (Phi) is 6.62. The van der Waals surface area contributed by atoms with Crippen molar-refractivity contribution in [3.05, 3.63) is 76.0 Å². The first-order valence-corrected chi connectivity index (χ1v) is 11.0. The van der Waals surface area contributed by atoms with Crippen LogP contribution in [0.3, 0.4) is 0 Å². The minimum atomic E-state index is -0.455. The van der Waals surface area contributed by atoms with E-state index in [1.54, 1.807) is 30.3 Å². The van der Waals surface area contributed by atoms with Gasteiger partial charge in [-0.3, -0.25) is 4.79 Å². The van der Waals surface area contributed by atoms with Gasteiger partial charge in [0.05, 0.1) is 15.2 Å². The van der Waals surface area contributed by atoms with Gasteiger partial charge in [-0.15, -0.1) is 11.3 Å². The number of hydrogen-bond acceptors (Lipinski definition) is 4. The molecule has 1 unspecified atom stereocenters. The molecule has 0 radical (unpaired) electrons. The molecule has 2 aromatic carbocycles. The van der Waals surface area contributed by atoms with E-state index in [-0.39, 0.29) is 11.3 Å². The molecule has 0 fully saturated rings. The highest BCUT2D eigenvalue weighted by Crippen LogP contribution is 2.34. The molecule has 1 amide bonds. The molecule has 0 aliphatic heterocycles. The quantitative estimate of drug-likeness (QED) is 0.340. The molecule has 4 nitrogen and oxygen atoms in total. The van der Waals surface area contributed by atoms with Gasteiger partial charge in [0, 0.05) is 19.2 Å². The van der Waals surface area contributed by atoms with Crippen LogP contribution in [-0.4, -0.2) is 11.0 Å². The van der Waals surface area contributed by atoms with Crippen LogP contribution < -0.4 is 5.32 Å². The van der Waals surface area contributed by atoms with E-state index in [0.29, 0.717) is 19.8 Å². The molecular weight excluding hydrogens is 610 g/mol. The number of nitrogens with zero attached hydrogens (tertiary/aromatic N) is 1. The van der Waals surface area contributed by atoms with E-state index in [1.807, 2.05) is 40.1 Å². The number of rotatable bonds is 4. The van der Waals surface area contributed by atoms with Gasteiger partial charge in [-0.1, -0.05) is 23.7 Å². The highest BCUT2D eigenvalue weighted by molar-refractivity contribution is 14.1. The van der Waals surface area contributed by atoms with Crippen LogP contribution in [0.25, 0.3) is 0 Å². The van der Waals surface area contributed by atoms with Crippen molar-refractivity contribution in [3.8, 4) is 11.8 Å². The maximum atomic E-state index is 12.5. The molecule has 1 aromatic heterocycles. The third-order valence-electron chi connectivity index (χ3n) is 3.80. The molecule has 136 valence electrons. The number of benzene rings is 2. The number of carbonyl (C=O) groups is 1. The first-order valence-electron chi connectivity index (χ1n) is 7.62. The van der Waals surface area contributed by atoms with Crippen LogP contribution in [0.5, 0.6) is 5.75 Å². The van der Waals surface area contributed by atoms with Crippen molar-refractivity contribution in [1.29, 1.82) is 5.26 Å². The van der Waals surface area contributed by atoms with E-state index in [2.05, 4.69) is 34.0 Å². The molecule has 1 atom stereocenters. The predicted molar refractivity (Wildman–Crippen MR) is 125 cm³/mol. The average Bonchev–Trinajstić information content (AvgIpc) is 3.14. The number of anilines is 1. The molecule has 3 aromatic rings. The Morgan fingerprint density at radius 1 is 1.26 bits per heavy atom. The fraction of sp³-hybridized carbons (Fsp3) is 0.0526. The zero-order valence-electron chi connectivity index (χ0n) is 13.5. The number of halogens is 3. The third-order valence-corrected chi connectivity index (χ3v) is 6.51. The Bertz CT molecular complexity index is 1050. The lowest BCUT2D eigenvalue weighted by Gasteiger charge is -2.13. The minimum Gasteiger partial charge on any atom is -0.506 e. The second-order valence-corrected chi connectivity index (χ2v) is 9.35. The lowest BCUT2D eigenvalue weighted by molar-refractivity contribution is 0.102. The van der Waals surface area contributed by atoms with Gasteiger partial charge in [0.2, 0.25) is 0 Å². The van der Waals surface area contributed by atoms with Gasteiger partial charge in [0.25, 0.3) is 5.91 Å².